The van der Waals surface area contributed by atoms with E-state index in [0.29, 0.717) is 0 Å². The standard InChI is InChI=1S/C9H9FN2O3/c10-6-3-5(9(14)15)7(12-8(6)13)11-4-1-2-4/h3-4H,1-2H2,(H,14,15)(H2,11,12,13). The van der Waals surface area contributed by atoms with Gasteiger partial charge in [0.2, 0.25) is 0 Å². The Bertz CT molecular complexity index is 465. The molecule has 0 atom stereocenters. The molecule has 1 heterocycles. The molecule has 3 N–H and O–H groups in total. The first-order chi connectivity index (χ1) is 7.08. The van der Waals surface area contributed by atoms with Crippen LogP contribution in [0.25, 0.3) is 0 Å². The predicted octanol–water partition coefficient (Wildman–Crippen LogP) is 0.786. The highest BCUT2D eigenvalue weighted by atomic mass is 19.1. The molecule has 1 aromatic rings. The molecule has 5 nitrogen and oxygen atoms in total. The first-order valence-electron chi connectivity index (χ1n) is 4.50. The van der Waals surface area contributed by atoms with Crippen LogP contribution >= 0.6 is 0 Å². The number of carbonyl (C=O) groups is 1. The van der Waals surface area contributed by atoms with E-state index in [9.17, 15) is 14.0 Å². The van der Waals surface area contributed by atoms with Crippen molar-refractivity contribution in [2.75, 3.05) is 5.32 Å². The topological polar surface area (TPSA) is 82.2 Å². The summed E-state index contributed by atoms with van der Waals surface area (Å²) in [5.74, 6) is -2.28. The molecule has 0 saturated heterocycles. The van der Waals surface area contributed by atoms with Crippen LogP contribution in [-0.4, -0.2) is 22.1 Å². The van der Waals surface area contributed by atoms with Crippen LogP contribution in [0, 0.1) is 5.82 Å². The second-order valence-corrected chi connectivity index (χ2v) is 3.46. The van der Waals surface area contributed by atoms with E-state index >= 15 is 0 Å². The van der Waals surface area contributed by atoms with Crippen molar-refractivity contribution in [3.05, 3.63) is 27.8 Å². The number of H-pyrrole nitrogens is 1. The van der Waals surface area contributed by atoms with Crippen molar-refractivity contribution < 1.29 is 14.3 Å². The fraction of sp³-hybridized carbons (Fsp3) is 0.333. The molecule has 0 aliphatic heterocycles. The van der Waals surface area contributed by atoms with Crippen LogP contribution in [0.3, 0.4) is 0 Å². The predicted molar refractivity (Wildman–Crippen MR) is 50.6 cm³/mol. The van der Waals surface area contributed by atoms with E-state index in [4.69, 9.17) is 5.11 Å². The van der Waals surface area contributed by atoms with Gasteiger partial charge < -0.3 is 15.4 Å². The number of carboxylic acids is 1. The van der Waals surface area contributed by atoms with Crippen LogP contribution < -0.4 is 10.9 Å². The lowest BCUT2D eigenvalue weighted by Crippen LogP contribution is -2.19. The molecule has 0 amide bonds. The zero-order valence-corrected chi connectivity index (χ0v) is 7.71. The van der Waals surface area contributed by atoms with Gasteiger partial charge in [0.15, 0.2) is 5.82 Å². The molecule has 15 heavy (non-hydrogen) atoms. The highest BCUT2D eigenvalue weighted by molar-refractivity contribution is 5.93. The highest BCUT2D eigenvalue weighted by Crippen LogP contribution is 2.25. The van der Waals surface area contributed by atoms with Crippen molar-refractivity contribution in [3.63, 3.8) is 0 Å². The van der Waals surface area contributed by atoms with Gasteiger partial charge in [0.25, 0.3) is 5.56 Å². The average Bonchev–Trinajstić information content (AvgIpc) is 2.94. The Balaban J connectivity index is 2.43. The molecule has 0 bridgehead atoms. The van der Waals surface area contributed by atoms with Gasteiger partial charge in [0, 0.05) is 6.04 Å². The second-order valence-electron chi connectivity index (χ2n) is 3.46. The number of aromatic amines is 1. The van der Waals surface area contributed by atoms with Crippen molar-refractivity contribution in [2.24, 2.45) is 0 Å². The Morgan fingerprint density at radius 3 is 2.80 bits per heavy atom. The van der Waals surface area contributed by atoms with Crippen molar-refractivity contribution in [3.8, 4) is 0 Å². The minimum Gasteiger partial charge on any atom is -0.478 e. The van der Waals surface area contributed by atoms with Crippen LogP contribution in [0.15, 0.2) is 10.9 Å². The molecule has 6 heteroatoms. The minimum atomic E-state index is -1.27. The van der Waals surface area contributed by atoms with E-state index in [1.54, 1.807) is 0 Å². The van der Waals surface area contributed by atoms with Gasteiger partial charge in [-0.15, -0.1) is 0 Å². The van der Waals surface area contributed by atoms with Gasteiger partial charge in [-0.1, -0.05) is 0 Å². The largest absolute Gasteiger partial charge is 0.478 e. The maximum Gasteiger partial charge on any atom is 0.339 e. The summed E-state index contributed by atoms with van der Waals surface area (Å²) in [6, 6.07) is 0.913. The third-order valence-corrected chi connectivity index (χ3v) is 2.15. The molecule has 80 valence electrons. The maximum absolute atomic E-state index is 12.8. The van der Waals surface area contributed by atoms with Gasteiger partial charge in [-0.25, -0.2) is 9.18 Å². The molecule has 2 rings (SSSR count). The van der Waals surface area contributed by atoms with E-state index < -0.39 is 17.3 Å². The van der Waals surface area contributed by atoms with Crippen LogP contribution in [0.4, 0.5) is 10.2 Å². The molecule has 1 fully saturated rings. The van der Waals surface area contributed by atoms with Crippen molar-refractivity contribution in [2.45, 2.75) is 18.9 Å². The van der Waals surface area contributed by atoms with Gasteiger partial charge in [-0.05, 0) is 18.9 Å². The Morgan fingerprint density at radius 1 is 1.60 bits per heavy atom. The number of carboxylic acid groups (broad SMARTS) is 1. The highest BCUT2D eigenvalue weighted by Gasteiger charge is 2.24. The molecule has 1 aromatic heterocycles. The fourth-order valence-corrected chi connectivity index (χ4v) is 1.22. The Labute approximate surface area is 83.9 Å². The Hall–Kier alpha value is -1.85. The molecular weight excluding hydrogens is 203 g/mol. The summed E-state index contributed by atoms with van der Waals surface area (Å²) in [5, 5.41) is 11.6. The molecule has 1 saturated carbocycles. The van der Waals surface area contributed by atoms with Gasteiger partial charge >= 0.3 is 5.97 Å². The second kappa shape index (κ2) is 3.38. The third kappa shape index (κ3) is 1.98. The minimum absolute atomic E-state index is 0.0800. The average molecular weight is 212 g/mol. The summed E-state index contributed by atoms with van der Waals surface area (Å²) < 4.78 is 12.8. The van der Waals surface area contributed by atoms with E-state index in [-0.39, 0.29) is 17.4 Å². The number of aromatic carboxylic acids is 1. The van der Waals surface area contributed by atoms with E-state index in [0.717, 1.165) is 18.9 Å². The van der Waals surface area contributed by atoms with Gasteiger partial charge in [-0.3, -0.25) is 4.79 Å². The molecule has 0 radical (unpaired) electrons. The molecular formula is C9H9FN2O3. The maximum atomic E-state index is 12.8. The molecule has 1 aliphatic carbocycles. The number of anilines is 1. The molecule has 0 unspecified atom stereocenters. The summed E-state index contributed by atoms with van der Waals surface area (Å²) in [4.78, 5) is 23.9. The van der Waals surface area contributed by atoms with Crippen LogP contribution in [0.5, 0.6) is 0 Å². The van der Waals surface area contributed by atoms with Gasteiger partial charge in [0.05, 0.1) is 0 Å². The van der Waals surface area contributed by atoms with Crippen molar-refractivity contribution in [1.29, 1.82) is 0 Å². The van der Waals surface area contributed by atoms with E-state index in [1.807, 2.05) is 0 Å². The fourth-order valence-electron chi connectivity index (χ4n) is 1.22. The molecule has 1 aliphatic rings. The summed E-state index contributed by atoms with van der Waals surface area (Å²) >= 11 is 0. The molecule has 0 aromatic carbocycles. The van der Waals surface area contributed by atoms with Crippen LogP contribution in [0.1, 0.15) is 23.2 Å². The number of rotatable bonds is 3. The lowest BCUT2D eigenvalue weighted by Gasteiger charge is -2.07. The number of halogens is 1. The van der Waals surface area contributed by atoms with Gasteiger partial charge in [-0.2, -0.15) is 0 Å². The Morgan fingerprint density at radius 2 is 2.27 bits per heavy atom. The Kier molecular flexibility index (Phi) is 2.18. The third-order valence-electron chi connectivity index (χ3n) is 2.15. The number of hydrogen-bond acceptors (Lipinski definition) is 3. The first kappa shape index (κ1) is 9.70. The van der Waals surface area contributed by atoms with Gasteiger partial charge in [0.1, 0.15) is 11.4 Å². The van der Waals surface area contributed by atoms with Crippen LogP contribution in [-0.2, 0) is 0 Å². The van der Waals surface area contributed by atoms with E-state index in [2.05, 4.69) is 10.3 Å². The number of pyridine rings is 1. The summed E-state index contributed by atoms with van der Waals surface area (Å²) in [7, 11) is 0. The lowest BCUT2D eigenvalue weighted by atomic mass is 10.2. The number of hydrogen-bond donors (Lipinski definition) is 3. The quantitative estimate of drug-likeness (QED) is 0.691. The normalized spacial score (nSPS) is 15.0. The van der Waals surface area contributed by atoms with Crippen LogP contribution in [0.2, 0.25) is 0 Å². The monoisotopic (exact) mass is 212 g/mol. The summed E-state index contributed by atoms with van der Waals surface area (Å²) in [6.07, 6.45) is 1.86. The van der Waals surface area contributed by atoms with Crippen molar-refractivity contribution >= 4 is 11.8 Å². The molecule has 0 spiro atoms. The smallest absolute Gasteiger partial charge is 0.339 e. The summed E-state index contributed by atoms with van der Waals surface area (Å²) in [5.41, 5.74) is -1.16. The SMILES string of the molecule is O=C(O)c1cc(F)c(=O)[nH]c1NC1CC1. The number of nitrogens with one attached hydrogen (secondary N) is 2. The zero-order valence-electron chi connectivity index (χ0n) is 7.71. The number of aromatic nitrogens is 1. The van der Waals surface area contributed by atoms with Crippen molar-refractivity contribution in [1.82, 2.24) is 4.98 Å². The summed E-state index contributed by atoms with van der Waals surface area (Å²) in [6.45, 7) is 0. The zero-order chi connectivity index (χ0) is 11.0. The van der Waals surface area contributed by atoms with E-state index in [1.165, 1.54) is 0 Å². The first-order valence-corrected chi connectivity index (χ1v) is 4.50. The lowest BCUT2D eigenvalue weighted by molar-refractivity contribution is 0.0697.